The van der Waals surface area contributed by atoms with Crippen LogP contribution in [0, 0.1) is 6.92 Å². The van der Waals surface area contributed by atoms with Gasteiger partial charge in [0, 0.05) is 30.9 Å². The summed E-state index contributed by atoms with van der Waals surface area (Å²) in [6, 6.07) is 9.89. The summed E-state index contributed by atoms with van der Waals surface area (Å²) < 4.78 is 5.64. The molecule has 0 saturated heterocycles. The van der Waals surface area contributed by atoms with E-state index < -0.39 is 0 Å². The summed E-state index contributed by atoms with van der Waals surface area (Å²) in [7, 11) is 1.75. The Bertz CT molecular complexity index is 965. The topological polar surface area (TPSA) is 76.4 Å². The van der Waals surface area contributed by atoms with Gasteiger partial charge in [-0.25, -0.2) is 4.98 Å². The Labute approximate surface area is 160 Å². The van der Waals surface area contributed by atoms with Crippen LogP contribution in [0.2, 0.25) is 0 Å². The molecule has 5 heteroatoms. The number of unbranched alkanes of at least 4 members (excludes halogenated alkanes) is 1. The molecule has 0 radical (unpaired) electrons. The highest BCUT2D eigenvalue weighted by atomic mass is 16.3. The number of hydrogen-bond acceptors (Lipinski definition) is 4. The third-order valence-corrected chi connectivity index (χ3v) is 4.10. The van der Waals surface area contributed by atoms with E-state index in [2.05, 4.69) is 34.9 Å². The van der Waals surface area contributed by atoms with Crippen LogP contribution < -0.4 is 21.8 Å². The van der Waals surface area contributed by atoms with Crippen molar-refractivity contribution in [3.05, 3.63) is 69.9 Å². The van der Waals surface area contributed by atoms with Crippen LogP contribution in [0.15, 0.2) is 62.7 Å². The van der Waals surface area contributed by atoms with Crippen LogP contribution in [0.1, 0.15) is 32.6 Å². The molecule has 1 aromatic carbocycles. The molecular weight excluding hydrogens is 336 g/mol. The van der Waals surface area contributed by atoms with E-state index in [9.17, 15) is 0 Å². The Hall–Kier alpha value is -3.08. The van der Waals surface area contributed by atoms with Crippen molar-refractivity contribution in [2.75, 3.05) is 12.4 Å². The van der Waals surface area contributed by atoms with Gasteiger partial charge in [-0.05, 0) is 37.1 Å². The predicted octanol–water partition coefficient (Wildman–Crippen LogP) is 3.27. The van der Waals surface area contributed by atoms with Gasteiger partial charge in [0.15, 0.2) is 11.3 Å². The van der Waals surface area contributed by atoms with Gasteiger partial charge >= 0.3 is 0 Å². The average Bonchev–Trinajstić information content (AvgIpc) is 2.99. The molecule has 0 bridgehead atoms. The largest absolute Gasteiger partial charge is 0.441 e. The van der Waals surface area contributed by atoms with Crippen molar-refractivity contribution < 1.29 is 4.42 Å². The van der Waals surface area contributed by atoms with E-state index in [0.29, 0.717) is 22.4 Å². The third-order valence-electron chi connectivity index (χ3n) is 4.10. The molecule has 142 valence electrons. The number of nitrogens with two attached hydrogens (primary N) is 1. The van der Waals surface area contributed by atoms with E-state index in [1.807, 2.05) is 43.3 Å². The Morgan fingerprint density at radius 1 is 1.33 bits per heavy atom. The van der Waals surface area contributed by atoms with Crippen molar-refractivity contribution in [1.82, 2.24) is 4.98 Å². The molecular formula is C22H28N4O. The van der Waals surface area contributed by atoms with Crippen molar-refractivity contribution in [2.45, 2.75) is 33.6 Å². The monoisotopic (exact) mass is 364 g/mol. The van der Waals surface area contributed by atoms with Crippen molar-refractivity contribution in [2.24, 2.45) is 10.7 Å². The minimum atomic E-state index is 0.585. The first kappa shape index (κ1) is 20.2. The first-order valence-electron chi connectivity index (χ1n) is 9.06. The molecule has 1 aromatic heterocycles. The maximum atomic E-state index is 6.51. The first-order valence-corrected chi connectivity index (χ1v) is 9.06. The molecule has 2 aromatic rings. The number of aromatic nitrogens is 1. The number of oxazole rings is 1. The number of amidine groups is 1. The molecule has 0 spiro atoms. The molecule has 0 aliphatic carbocycles. The highest BCUT2D eigenvalue weighted by Crippen LogP contribution is 2.16. The molecule has 0 amide bonds. The number of allylic oxidation sites excluding steroid dienone is 2. The van der Waals surface area contributed by atoms with E-state index in [1.165, 1.54) is 0 Å². The number of aliphatic imine (C=N–C) groups is 1. The Kier molecular flexibility index (Phi) is 7.17. The number of nitrogens with zero attached hydrogens (tertiary/aromatic N) is 2. The number of benzene rings is 1. The Balaban J connectivity index is 2.45. The van der Waals surface area contributed by atoms with Gasteiger partial charge in [0.25, 0.3) is 0 Å². The van der Waals surface area contributed by atoms with Crippen LogP contribution >= 0.6 is 0 Å². The number of para-hydroxylation sites is 1. The smallest absolute Gasteiger partial charge is 0.192 e. The van der Waals surface area contributed by atoms with Crippen LogP contribution in [-0.2, 0) is 0 Å². The van der Waals surface area contributed by atoms with Crippen molar-refractivity contribution >= 4 is 24.2 Å². The lowest BCUT2D eigenvalue weighted by Crippen LogP contribution is -2.22. The summed E-state index contributed by atoms with van der Waals surface area (Å²) in [5, 5.41) is 3.93. The SMILES string of the molecule is C=c1nc(C)o/c1=C/C(=C\CCC)C(N)=C(C)C(=NC)Nc1ccccc1. The van der Waals surface area contributed by atoms with Gasteiger partial charge < -0.3 is 15.5 Å². The van der Waals surface area contributed by atoms with Crippen molar-refractivity contribution in [1.29, 1.82) is 0 Å². The number of rotatable bonds is 6. The molecule has 1 heterocycles. The summed E-state index contributed by atoms with van der Waals surface area (Å²) in [6.45, 7) is 9.82. The van der Waals surface area contributed by atoms with E-state index in [1.54, 1.807) is 14.0 Å². The summed E-state index contributed by atoms with van der Waals surface area (Å²) in [5.74, 6) is 1.31. The van der Waals surface area contributed by atoms with Gasteiger partial charge in [0.05, 0.1) is 0 Å². The fourth-order valence-corrected chi connectivity index (χ4v) is 2.61. The third kappa shape index (κ3) is 5.45. The number of hydrogen-bond donors (Lipinski definition) is 2. The summed E-state index contributed by atoms with van der Waals surface area (Å²) >= 11 is 0. The lowest BCUT2D eigenvalue weighted by Gasteiger charge is -2.13. The molecule has 0 aliphatic heterocycles. The van der Waals surface area contributed by atoms with Crippen molar-refractivity contribution in [3.63, 3.8) is 0 Å². The molecule has 3 N–H and O–H groups in total. The maximum Gasteiger partial charge on any atom is 0.192 e. The Morgan fingerprint density at radius 3 is 2.59 bits per heavy atom. The van der Waals surface area contributed by atoms with Crippen LogP contribution in [0.5, 0.6) is 0 Å². The van der Waals surface area contributed by atoms with Gasteiger partial charge in [0.1, 0.15) is 11.2 Å². The molecule has 5 nitrogen and oxygen atoms in total. The highest BCUT2D eigenvalue weighted by Gasteiger charge is 2.10. The van der Waals surface area contributed by atoms with Crippen LogP contribution in [0.3, 0.4) is 0 Å². The zero-order chi connectivity index (χ0) is 19.8. The molecule has 0 fully saturated rings. The quantitative estimate of drug-likeness (QED) is 0.468. The van der Waals surface area contributed by atoms with Crippen LogP contribution in [0.25, 0.3) is 12.7 Å². The molecule has 0 aliphatic rings. The second-order valence-electron chi connectivity index (χ2n) is 6.24. The van der Waals surface area contributed by atoms with Gasteiger partial charge in [-0.2, -0.15) is 0 Å². The second-order valence-corrected chi connectivity index (χ2v) is 6.24. The summed E-state index contributed by atoms with van der Waals surface area (Å²) in [5.41, 5.74) is 10.5. The second kappa shape index (κ2) is 9.57. The molecule has 27 heavy (non-hydrogen) atoms. The van der Waals surface area contributed by atoms with Gasteiger partial charge in [-0.1, -0.05) is 44.2 Å². The molecule has 0 unspecified atom stereocenters. The normalized spacial score (nSPS) is 14.3. The van der Waals surface area contributed by atoms with E-state index >= 15 is 0 Å². The Morgan fingerprint density at radius 2 is 2.04 bits per heavy atom. The van der Waals surface area contributed by atoms with E-state index in [4.69, 9.17) is 10.2 Å². The zero-order valence-electron chi connectivity index (χ0n) is 16.5. The fourth-order valence-electron chi connectivity index (χ4n) is 2.61. The lowest BCUT2D eigenvalue weighted by molar-refractivity contribution is 0.492. The van der Waals surface area contributed by atoms with E-state index in [-0.39, 0.29) is 0 Å². The predicted molar refractivity (Wildman–Crippen MR) is 114 cm³/mol. The van der Waals surface area contributed by atoms with E-state index in [0.717, 1.165) is 35.5 Å². The zero-order valence-corrected chi connectivity index (χ0v) is 16.5. The number of aryl methyl sites for hydroxylation is 1. The van der Waals surface area contributed by atoms with Gasteiger partial charge in [-0.15, -0.1) is 0 Å². The average molecular weight is 364 g/mol. The highest BCUT2D eigenvalue weighted by molar-refractivity contribution is 6.08. The van der Waals surface area contributed by atoms with Crippen molar-refractivity contribution in [3.8, 4) is 0 Å². The molecule has 0 saturated carbocycles. The lowest BCUT2D eigenvalue weighted by atomic mass is 10.0. The van der Waals surface area contributed by atoms with Crippen LogP contribution in [0.4, 0.5) is 5.69 Å². The number of anilines is 1. The fraction of sp³-hybridized carbons (Fsp3) is 0.273. The molecule has 2 rings (SSSR count). The molecule has 0 atom stereocenters. The summed E-state index contributed by atoms with van der Waals surface area (Å²) in [4.78, 5) is 8.60. The van der Waals surface area contributed by atoms with Crippen LogP contribution in [-0.4, -0.2) is 17.9 Å². The first-order chi connectivity index (χ1) is 13.0. The minimum Gasteiger partial charge on any atom is -0.441 e. The standard InChI is InChI=1S/C22H28N4O/c1-6-7-11-18(14-20-16(3)25-17(4)27-20)21(23)15(2)22(24-5)26-19-12-9-8-10-13-19/h8-14H,3,6-7,23H2,1-2,4-5H3,(H,24,26)/b18-11+,20-14+,21-15?. The van der Waals surface area contributed by atoms with Gasteiger partial charge in [0.2, 0.25) is 0 Å². The minimum absolute atomic E-state index is 0.585. The van der Waals surface area contributed by atoms with Gasteiger partial charge in [-0.3, -0.25) is 4.99 Å². The summed E-state index contributed by atoms with van der Waals surface area (Å²) in [6.07, 6.45) is 5.93. The number of nitrogens with one attached hydrogen (secondary N) is 1. The maximum absolute atomic E-state index is 6.51.